The van der Waals surface area contributed by atoms with E-state index in [1.54, 1.807) is 24.3 Å². The quantitative estimate of drug-likeness (QED) is 0.0143. The SMILES string of the molecule is CCCCCCCCCCCCCCCC(=O)O[C@H](COC(=O)CCC[C@@H](O)/C=C/C=C\C/C=C\C=C\[C@@H](O)CCCCC)COP(=O)(O)OP(=O)(O)OC[C@H]1O[C@@H](n2ccc(N)nc2=O)[C@H](O)[C@@H]1O. The summed E-state index contributed by atoms with van der Waals surface area (Å²) in [6.45, 7) is 1.82. The second-order valence-electron chi connectivity index (χ2n) is 17.4. The number of aliphatic hydroxyl groups is 4. The largest absolute Gasteiger partial charge is 0.481 e. The highest BCUT2D eigenvalue weighted by Crippen LogP contribution is 2.60. The summed E-state index contributed by atoms with van der Waals surface area (Å²) < 4.78 is 56.5. The minimum atomic E-state index is -5.47. The Morgan fingerprint density at radius 2 is 1.27 bits per heavy atom. The third-order valence-electron chi connectivity index (χ3n) is 11.1. The van der Waals surface area contributed by atoms with Gasteiger partial charge < -0.3 is 50.2 Å². The summed E-state index contributed by atoms with van der Waals surface area (Å²) in [5.74, 6) is -1.54. The van der Waals surface area contributed by atoms with E-state index in [4.69, 9.17) is 29.0 Å². The molecule has 0 spiro atoms. The van der Waals surface area contributed by atoms with E-state index < -0.39 is 95.9 Å². The van der Waals surface area contributed by atoms with Gasteiger partial charge in [-0.2, -0.15) is 9.29 Å². The van der Waals surface area contributed by atoms with E-state index >= 15 is 0 Å². The van der Waals surface area contributed by atoms with Crippen LogP contribution in [0.15, 0.2) is 65.7 Å². The van der Waals surface area contributed by atoms with Crippen molar-refractivity contribution in [3.05, 3.63) is 71.4 Å². The van der Waals surface area contributed by atoms with Crippen molar-refractivity contribution in [2.45, 2.75) is 198 Å². The molecule has 0 bridgehead atoms. The van der Waals surface area contributed by atoms with Gasteiger partial charge in [0.15, 0.2) is 12.3 Å². The van der Waals surface area contributed by atoms with Crippen LogP contribution in [0.2, 0.25) is 0 Å². The van der Waals surface area contributed by atoms with E-state index in [9.17, 15) is 53.7 Å². The zero-order chi connectivity index (χ0) is 51.6. The summed E-state index contributed by atoms with van der Waals surface area (Å²) in [6.07, 6.45) is 25.5. The first-order valence-electron chi connectivity index (χ1n) is 24.9. The molecule has 8 N–H and O–H groups in total. The van der Waals surface area contributed by atoms with Crippen molar-refractivity contribution in [1.29, 1.82) is 0 Å². The number of carbonyl (C=O) groups is 2. The Hall–Kier alpha value is -3.36. The van der Waals surface area contributed by atoms with Gasteiger partial charge in [0.05, 0.1) is 25.4 Å². The number of esters is 2. The van der Waals surface area contributed by atoms with Gasteiger partial charge in [0, 0.05) is 19.0 Å². The lowest BCUT2D eigenvalue weighted by molar-refractivity contribution is -0.161. The fourth-order valence-electron chi connectivity index (χ4n) is 7.17. The van der Waals surface area contributed by atoms with Crippen molar-refractivity contribution >= 4 is 33.4 Å². The van der Waals surface area contributed by atoms with Crippen LogP contribution in [0.3, 0.4) is 0 Å². The van der Waals surface area contributed by atoms with Crippen LogP contribution in [0.4, 0.5) is 5.82 Å². The van der Waals surface area contributed by atoms with Gasteiger partial charge in [-0.3, -0.25) is 23.2 Å². The first kappa shape index (κ1) is 62.8. The molecule has 400 valence electrons. The van der Waals surface area contributed by atoms with Crippen molar-refractivity contribution in [2.75, 3.05) is 25.6 Å². The summed E-state index contributed by atoms with van der Waals surface area (Å²) >= 11 is 0. The maximum atomic E-state index is 12.8. The number of nitrogen functional groups attached to an aromatic ring is 1. The Bertz CT molecular complexity index is 1900. The van der Waals surface area contributed by atoms with E-state index in [0.717, 1.165) is 62.1 Å². The molecule has 0 saturated carbocycles. The molecule has 9 atom stereocenters. The second-order valence-corrected chi connectivity index (χ2v) is 20.4. The minimum Gasteiger partial charge on any atom is -0.462 e. The van der Waals surface area contributed by atoms with E-state index in [-0.39, 0.29) is 31.5 Å². The number of anilines is 1. The summed E-state index contributed by atoms with van der Waals surface area (Å²) in [5, 5.41) is 41.2. The van der Waals surface area contributed by atoms with E-state index in [1.807, 2.05) is 24.3 Å². The van der Waals surface area contributed by atoms with Crippen molar-refractivity contribution < 1.29 is 76.5 Å². The molecule has 1 fully saturated rings. The third-order valence-corrected chi connectivity index (χ3v) is 13.7. The number of hydrogen-bond donors (Lipinski definition) is 7. The molecule has 1 aliphatic rings. The maximum absolute atomic E-state index is 12.8. The van der Waals surface area contributed by atoms with Gasteiger partial charge in [-0.1, -0.05) is 159 Å². The fourth-order valence-corrected chi connectivity index (χ4v) is 9.28. The standard InChI is InChI=1S/C48H81N3O17P2/c1-3-5-7-8-9-10-11-12-13-14-18-21-25-31-44(55)66-40(35-63-43(54)32-26-30-39(53)29-24-20-17-15-16-19-23-28-38(52)27-22-6-4-2)36-64-69(59,60)68-70(61,62)65-37-41-45(56)46(57)47(67-41)51-34-33-42(49)50-48(51)58/h16-17,19-20,23-24,28-29,33-34,38-41,45-47,52-53,56-57H,3-15,18,21-22,25-27,30-32,35-37H2,1-2H3,(H,59,60)(H,61,62)(H2,49,50,58)/b19-16-,20-17-,28-23+,29-24+/t38-,39-,40+,41+,45+,46+,47+/m0/s1. The molecule has 1 aromatic heterocycles. The topological polar surface area (TPSA) is 306 Å². The first-order valence-corrected chi connectivity index (χ1v) is 27.9. The Morgan fingerprint density at radius 3 is 1.86 bits per heavy atom. The number of nitrogens with two attached hydrogens (primary N) is 1. The predicted octanol–water partition coefficient (Wildman–Crippen LogP) is 7.72. The lowest BCUT2D eigenvalue weighted by atomic mass is 10.0. The van der Waals surface area contributed by atoms with Gasteiger partial charge >= 0.3 is 33.3 Å². The van der Waals surface area contributed by atoms with Gasteiger partial charge in [-0.05, 0) is 38.2 Å². The number of phosphoric acid groups is 2. The van der Waals surface area contributed by atoms with Crippen LogP contribution in [0.1, 0.15) is 161 Å². The van der Waals surface area contributed by atoms with Crippen LogP contribution in [-0.2, 0) is 46.3 Å². The number of rotatable bonds is 40. The molecule has 2 rings (SSSR count). The van der Waals surface area contributed by atoms with Crippen molar-refractivity contribution in [1.82, 2.24) is 9.55 Å². The van der Waals surface area contributed by atoms with E-state index in [0.29, 0.717) is 12.8 Å². The molecule has 2 unspecified atom stereocenters. The molecule has 1 aromatic rings. The number of phosphoric ester groups is 2. The second kappa shape index (κ2) is 36.5. The fraction of sp³-hybridized carbons (Fsp3) is 0.708. The van der Waals surface area contributed by atoms with Gasteiger partial charge in [-0.25, -0.2) is 13.9 Å². The molecule has 0 radical (unpaired) electrons. The summed E-state index contributed by atoms with van der Waals surface area (Å²) in [6, 6.07) is 1.23. The highest BCUT2D eigenvalue weighted by molar-refractivity contribution is 7.61. The summed E-state index contributed by atoms with van der Waals surface area (Å²) in [4.78, 5) is 61.8. The Kier molecular flexibility index (Phi) is 32.8. The van der Waals surface area contributed by atoms with Crippen molar-refractivity contribution in [2.24, 2.45) is 0 Å². The lowest BCUT2D eigenvalue weighted by Crippen LogP contribution is -2.36. The molecule has 1 saturated heterocycles. The van der Waals surface area contributed by atoms with Crippen LogP contribution in [0, 0.1) is 0 Å². The Balaban J connectivity index is 1.87. The van der Waals surface area contributed by atoms with Crippen LogP contribution in [0.5, 0.6) is 0 Å². The summed E-state index contributed by atoms with van der Waals surface area (Å²) in [5.41, 5.74) is 4.56. The molecular formula is C48H81N3O17P2. The Morgan fingerprint density at radius 1 is 0.743 bits per heavy atom. The van der Waals surface area contributed by atoms with E-state index in [1.165, 1.54) is 57.4 Å². The number of allylic oxidation sites excluding steroid dienone is 6. The first-order chi connectivity index (χ1) is 33.5. The van der Waals surface area contributed by atoms with Crippen molar-refractivity contribution in [3.8, 4) is 0 Å². The average molecular weight is 1030 g/mol. The number of ether oxygens (including phenoxy) is 3. The zero-order valence-corrected chi connectivity index (χ0v) is 42.8. The van der Waals surface area contributed by atoms with Gasteiger partial charge in [0.25, 0.3) is 0 Å². The molecule has 0 aliphatic carbocycles. The van der Waals surface area contributed by atoms with Crippen LogP contribution in [-0.4, -0.2) is 108 Å². The Labute approximate surface area is 413 Å². The molecule has 0 aromatic carbocycles. The third kappa shape index (κ3) is 29.2. The molecule has 20 nitrogen and oxygen atoms in total. The molecule has 70 heavy (non-hydrogen) atoms. The molecule has 1 aliphatic heterocycles. The van der Waals surface area contributed by atoms with Crippen molar-refractivity contribution in [3.63, 3.8) is 0 Å². The average Bonchev–Trinajstić information content (AvgIpc) is 3.58. The molecular weight excluding hydrogens is 952 g/mol. The van der Waals surface area contributed by atoms with Crippen LogP contribution in [0.25, 0.3) is 0 Å². The number of aromatic nitrogens is 2. The normalized spacial score (nSPS) is 20.6. The smallest absolute Gasteiger partial charge is 0.462 e. The monoisotopic (exact) mass is 1030 g/mol. The molecule has 0 amide bonds. The van der Waals surface area contributed by atoms with Crippen LogP contribution >= 0.6 is 15.6 Å². The van der Waals surface area contributed by atoms with Crippen LogP contribution < -0.4 is 11.4 Å². The van der Waals surface area contributed by atoms with Gasteiger partial charge in [-0.15, -0.1) is 0 Å². The number of carbonyl (C=O) groups excluding carboxylic acids is 2. The number of nitrogens with zero attached hydrogens (tertiary/aromatic N) is 2. The zero-order valence-electron chi connectivity index (χ0n) is 41.0. The van der Waals surface area contributed by atoms with Gasteiger partial charge in [0.2, 0.25) is 0 Å². The lowest BCUT2D eigenvalue weighted by Gasteiger charge is -2.21. The summed E-state index contributed by atoms with van der Waals surface area (Å²) in [7, 11) is -10.9. The number of unbranched alkanes of at least 4 members (excludes halogenated alkanes) is 14. The van der Waals surface area contributed by atoms with Gasteiger partial charge in [0.1, 0.15) is 30.7 Å². The minimum absolute atomic E-state index is 0.00218. The number of aliphatic hydroxyl groups excluding tert-OH is 4. The highest BCUT2D eigenvalue weighted by Gasteiger charge is 2.46. The van der Waals surface area contributed by atoms with E-state index in [2.05, 4.69) is 23.1 Å². The molecule has 22 heteroatoms. The number of hydrogen-bond acceptors (Lipinski definition) is 17. The highest BCUT2D eigenvalue weighted by atomic mass is 31.3. The predicted molar refractivity (Wildman–Crippen MR) is 264 cm³/mol. The molecule has 2 heterocycles. The maximum Gasteiger partial charge on any atom is 0.481 e.